The maximum Gasteiger partial charge on any atom is 0.133 e. The van der Waals surface area contributed by atoms with E-state index in [4.69, 9.17) is 4.74 Å². The number of nitrogens with zero attached hydrogens (tertiary/aromatic N) is 2. The first-order chi connectivity index (χ1) is 12.5. The van der Waals surface area contributed by atoms with E-state index >= 15 is 0 Å². The third-order valence-corrected chi connectivity index (χ3v) is 5.60. The molecule has 0 amide bonds. The molecule has 2 saturated heterocycles. The molecule has 0 saturated carbocycles. The summed E-state index contributed by atoms with van der Waals surface area (Å²) in [5.74, 6) is 0.986. The zero-order chi connectivity index (χ0) is 18.1. The van der Waals surface area contributed by atoms with E-state index in [-0.39, 0.29) is 6.10 Å². The van der Waals surface area contributed by atoms with Crippen molar-refractivity contribution in [3.63, 3.8) is 0 Å². The van der Waals surface area contributed by atoms with Gasteiger partial charge >= 0.3 is 0 Å². The van der Waals surface area contributed by atoms with Gasteiger partial charge in [-0.15, -0.1) is 0 Å². The van der Waals surface area contributed by atoms with Crippen molar-refractivity contribution in [2.45, 2.75) is 38.5 Å². The first-order valence-electron chi connectivity index (χ1n) is 9.55. The van der Waals surface area contributed by atoms with Gasteiger partial charge in [0.25, 0.3) is 0 Å². The molecular formula is C22H28N2O2. The molecule has 0 bridgehead atoms. The Morgan fingerprint density at radius 3 is 2.50 bits per heavy atom. The first-order valence-corrected chi connectivity index (χ1v) is 9.55. The normalized spacial score (nSPS) is 19.7. The van der Waals surface area contributed by atoms with E-state index in [1.165, 1.54) is 16.8 Å². The molecule has 0 aromatic heterocycles. The SMILES string of the molecule is CCC1(O)CN(Cc2ccc(OC3CN(c4ccccc4)C3)c(C)c2)C1. The number of β-amino-alcohol motifs (C(OH)–C–C–N with tert-alkyl or cyclic N) is 1. The molecule has 2 heterocycles. The van der Waals surface area contributed by atoms with Gasteiger partial charge in [-0.25, -0.2) is 0 Å². The monoisotopic (exact) mass is 352 g/mol. The van der Waals surface area contributed by atoms with E-state index in [0.717, 1.165) is 44.9 Å². The first kappa shape index (κ1) is 17.4. The van der Waals surface area contributed by atoms with E-state index in [0.29, 0.717) is 0 Å². The lowest BCUT2D eigenvalue weighted by Gasteiger charge is -2.46. The molecule has 4 rings (SSSR count). The number of benzene rings is 2. The van der Waals surface area contributed by atoms with Crippen LogP contribution in [0.2, 0.25) is 0 Å². The topological polar surface area (TPSA) is 35.9 Å². The average Bonchev–Trinajstić information content (AvgIpc) is 2.58. The largest absolute Gasteiger partial charge is 0.486 e. The standard InChI is InChI=1S/C22H28N2O2/c1-3-22(25)15-23(16-22)12-18-9-10-21(17(2)11-18)26-20-13-24(14-20)19-7-5-4-6-8-19/h4-11,20,25H,3,12-16H2,1-2H3. The van der Waals surface area contributed by atoms with E-state index in [1.807, 2.05) is 13.0 Å². The van der Waals surface area contributed by atoms with Crippen LogP contribution in [-0.4, -0.2) is 47.9 Å². The number of aliphatic hydroxyl groups is 1. The summed E-state index contributed by atoms with van der Waals surface area (Å²) in [7, 11) is 0. The summed E-state index contributed by atoms with van der Waals surface area (Å²) in [5.41, 5.74) is 3.27. The quantitative estimate of drug-likeness (QED) is 0.866. The van der Waals surface area contributed by atoms with Crippen molar-refractivity contribution in [3.05, 3.63) is 59.7 Å². The average molecular weight is 352 g/mol. The van der Waals surface area contributed by atoms with Gasteiger partial charge in [-0.1, -0.05) is 37.3 Å². The highest BCUT2D eigenvalue weighted by molar-refractivity contribution is 5.49. The smallest absolute Gasteiger partial charge is 0.133 e. The molecule has 2 fully saturated rings. The van der Waals surface area contributed by atoms with Crippen molar-refractivity contribution in [1.29, 1.82) is 0 Å². The van der Waals surface area contributed by atoms with E-state index in [9.17, 15) is 5.11 Å². The third-order valence-electron chi connectivity index (χ3n) is 5.60. The molecule has 0 atom stereocenters. The lowest BCUT2D eigenvalue weighted by atomic mass is 9.91. The molecule has 2 aromatic carbocycles. The summed E-state index contributed by atoms with van der Waals surface area (Å²) in [4.78, 5) is 4.63. The fraction of sp³-hybridized carbons (Fsp3) is 0.455. The van der Waals surface area contributed by atoms with Crippen LogP contribution in [0.5, 0.6) is 5.75 Å². The number of hydrogen-bond acceptors (Lipinski definition) is 4. The van der Waals surface area contributed by atoms with Crippen molar-refractivity contribution in [1.82, 2.24) is 4.90 Å². The number of aryl methyl sites for hydroxylation is 1. The maximum absolute atomic E-state index is 10.1. The van der Waals surface area contributed by atoms with Gasteiger partial charge in [0.05, 0.1) is 18.7 Å². The summed E-state index contributed by atoms with van der Waals surface area (Å²) in [6.45, 7) is 8.49. The van der Waals surface area contributed by atoms with Gasteiger partial charge in [0.1, 0.15) is 11.9 Å². The van der Waals surface area contributed by atoms with Crippen LogP contribution >= 0.6 is 0 Å². The van der Waals surface area contributed by atoms with Crippen molar-refractivity contribution < 1.29 is 9.84 Å². The molecule has 4 nitrogen and oxygen atoms in total. The van der Waals surface area contributed by atoms with Gasteiger partial charge in [-0.05, 0) is 42.7 Å². The lowest BCUT2D eigenvalue weighted by Crippen LogP contribution is -2.60. The van der Waals surface area contributed by atoms with Crippen LogP contribution < -0.4 is 9.64 Å². The number of rotatable bonds is 6. The molecule has 1 N–H and O–H groups in total. The van der Waals surface area contributed by atoms with Gasteiger partial charge in [-0.3, -0.25) is 4.90 Å². The number of para-hydroxylation sites is 1. The maximum atomic E-state index is 10.1. The number of likely N-dealkylation sites (tertiary alicyclic amines) is 1. The second-order valence-corrected chi connectivity index (χ2v) is 7.80. The second kappa shape index (κ2) is 6.93. The van der Waals surface area contributed by atoms with Crippen molar-refractivity contribution in [2.24, 2.45) is 0 Å². The Morgan fingerprint density at radius 2 is 1.85 bits per heavy atom. The minimum absolute atomic E-state index is 0.259. The molecule has 2 aliphatic heterocycles. The number of anilines is 1. The van der Waals surface area contributed by atoms with Crippen LogP contribution in [-0.2, 0) is 6.54 Å². The lowest BCUT2D eigenvalue weighted by molar-refractivity contribution is -0.103. The van der Waals surface area contributed by atoms with Crippen LogP contribution in [0.3, 0.4) is 0 Å². The van der Waals surface area contributed by atoms with Crippen molar-refractivity contribution in [3.8, 4) is 5.75 Å². The Balaban J connectivity index is 1.29. The van der Waals surface area contributed by atoms with Crippen molar-refractivity contribution >= 4 is 5.69 Å². The molecule has 2 aromatic rings. The Bertz CT molecular complexity index is 750. The van der Waals surface area contributed by atoms with Gasteiger partial charge in [-0.2, -0.15) is 0 Å². The van der Waals surface area contributed by atoms with E-state index in [2.05, 4.69) is 59.2 Å². The minimum atomic E-state index is -0.465. The van der Waals surface area contributed by atoms with Gasteiger partial charge in [0, 0.05) is 25.3 Å². The van der Waals surface area contributed by atoms with Crippen LogP contribution in [0.25, 0.3) is 0 Å². The zero-order valence-corrected chi connectivity index (χ0v) is 15.7. The third kappa shape index (κ3) is 3.57. The van der Waals surface area contributed by atoms with Gasteiger partial charge in [0.2, 0.25) is 0 Å². The Kier molecular flexibility index (Phi) is 4.63. The fourth-order valence-electron chi connectivity index (χ4n) is 3.86. The molecule has 0 aliphatic carbocycles. The molecule has 2 aliphatic rings. The van der Waals surface area contributed by atoms with Gasteiger partial charge in [0.15, 0.2) is 0 Å². The van der Waals surface area contributed by atoms with E-state index < -0.39 is 5.60 Å². The molecule has 4 heteroatoms. The molecule has 0 spiro atoms. The summed E-state index contributed by atoms with van der Waals surface area (Å²) >= 11 is 0. The highest BCUT2D eigenvalue weighted by Gasteiger charge is 2.39. The summed E-state index contributed by atoms with van der Waals surface area (Å²) < 4.78 is 6.19. The Morgan fingerprint density at radius 1 is 1.12 bits per heavy atom. The van der Waals surface area contributed by atoms with Crippen molar-refractivity contribution in [2.75, 3.05) is 31.1 Å². The molecule has 138 valence electrons. The Hall–Kier alpha value is -2.04. The predicted octanol–water partition coefficient (Wildman–Crippen LogP) is 3.22. The zero-order valence-electron chi connectivity index (χ0n) is 15.7. The highest BCUT2D eigenvalue weighted by Crippen LogP contribution is 2.29. The number of ether oxygens (including phenoxy) is 1. The van der Waals surface area contributed by atoms with Crippen LogP contribution in [0, 0.1) is 6.92 Å². The Labute approximate surface area is 156 Å². The molecule has 0 radical (unpaired) electrons. The fourth-order valence-corrected chi connectivity index (χ4v) is 3.86. The van der Waals surface area contributed by atoms with Crippen LogP contribution in [0.1, 0.15) is 24.5 Å². The molecule has 0 unspecified atom stereocenters. The summed E-state index contributed by atoms with van der Waals surface area (Å²) in [5, 5.41) is 10.1. The van der Waals surface area contributed by atoms with E-state index in [1.54, 1.807) is 0 Å². The number of hydrogen-bond donors (Lipinski definition) is 1. The summed E-state index contributed by atoms with van der Waals surface area (Å²) in [6, 6.07) is 17.0. The highest BCUT2D eigenvalue weighted by atomic mass is 16.5. The molecular weight excluding hydrogens is 324 g/mol. The van der Waals surface area contributed by atoms with Crippen LogP contribution in [0.15, 0.2) is 48.5 Å². The van der Waals surface area contributed by atoms with Gasteiger partial charge < -0.3 is 14.7 Å². The second-order valence-electron chi connectivity index (χ2n) is 7.80. The summed E-state index contributed by atoms with van der Waals surface area (Å²) in [6.07, 6.45) is 1.09. The van der Waals surface area contributed by atoms with Crippen LogP contribution in [0.4, 0.5) is 5.69 Å². The minimum Gasteiger partial charge on any atom is -0.486 e. The molecule has 26 heavy (non-hydrogen) atoms. The predicted molar refractivity (Wildman–Crippen MR) is 105 cm³/mol.